The number of ketones is 1. The molecule has 1 fully saturated rings. The first-order chi connectivity index (χ1) is 7.51. The summed E-state index contributed by atoms with van der Waals surface area (Å²) in [6, 6.07) is 0. The standard InChI is InChI=1S/C12H17NO2S/c1-8-9(2)16-11(13-8)7-10(14)12(15)5-3-4-6-12/h15H,3-7H2,1-2H3. The van der Waals surface area contributed by atoms with Crippen molar-refractivity contribution in [2.45, 2.75) is 51.6 Å². The Morgan fingerprint density at radius 2 is 2.06 bits per heavy atom. The maximum Gasteiger partial charge on any atom is 0.171 e. The van der Waals surface area contributed by atoms with Crippen molar-refractivity contribution in [1.82, 2.24) is 4.98 Å². The number of aliphatic hydroxyl groups is 1. The molecular weight excluding hydrogens is 222 g/mol. The maximum atomic E-state index is 12.0. The fraction of sp³-hybridized carbons (Fsp3) is 0.667. The van der Waals surface area contributed by atoms with Crippen LogP contribution in [0.2, 0.25) is 0 Å². The first kappa shape index (κ1) is 11.7. The van der Waals surface area contributed by atoms with Crippen LogP contribution in [0.25, 0.3) is 0 Å². The van der Waals surface area contributed by atoms with Gasteiger partial charge in [-0.3, -0.25) is 4.79 Å². The summed E-state index contributed by atoms with van der Waals surface area (Å²) >= 11 is 1.56. The van der Waals surface area contributed by atoms with Crippen LogP contribution >= 0.6 is 11.3 Å². The van der Waals surface area contributed by atoms with Crippen molar-refractivity contribution in [2.75, 3.05) is 0 Å². The number of hydrogen-bond acceptors (Lipinski definition) is 4. The zero-order valence-electron chi connectivity index (χ0n) is 9.75. The van der Waals surface area contributed by atoms with E-state index >= 15 is 0 Å². The van der Waals surface area contributed by atoms with Crippen LogP contribution in [-0.2, 0) is 11.2 Å². The van der Waals surface area contributed by atoms with Crippen LogP contribution in [0.3, 0.4) is 0 Å². The molecule has 0 radical (unpaired) electrons. The molecule has 0 bridgehead atoms. The minimum Gasteiger partial charge on any atom is -0.382 e. The van der Waals surface area contributed by atoms with Gasteiger partial charge in [-0.2, -0.15) is 0 Å². The number of aromatic nitrogens is 1. The number of carbonyl (C=O) groups excluding carboxylic acids is 1. The quantitative estimate of drug-likeness (QED) is 0.879. The topological polar surface area (TPSA) is 50.2 Å². The Morgan fingerprint density at radius 3 is 2.56 bits per heavy atom. The Morgan fingerprint density at radius 1 is 1.44 bits per heavy atom. The van der Waals surface area contributed by atoms with E-state index in [2.05, 4.69) is 4.98 Å². The second kappa shape index (κ2) is 4.26. The van der Waals surface area contributed by atoms with E-state index < -0.39 is 5.60 Å². The summed E-state index contributed by atoms with van der Waals surface area (Å²) in [4.78, 5) is 17.5. The molecule has 0 amide bonds. The number of hydrogen-bond donors (Lipinski definition) is 1. The van der Waals surface area contributed by atoms with Crippen molar-refractivity contribution in [3.63, 3.8) is 0 Å². The van der Waals surface area contributed by atoms with E-state index in [4.69, 9.17) is 0 Å². The Labute approximate surface area is 99.5 Å². The first-order valence-corrected chi connectivity index (χ1v) is 6.51. The highest BCUT2D eigenvalue weighted by molar-refractivity contribution is 7.11. The van der Waals surface area contributed by atoms with Gasteiger partial charge in [-0.1, -0.05) is 0 Å². The maximum absolute atomic E-state index is 12.0. The van der Waals surface area contributed by atoms with E-state index in [1.165, 1.54) is 0 Å². The summed E-state index contributed by atoms with van der Waals surface area (Å²) in [5.41, 5.74) is -0.0702. The number of Topliss-reactive ketones (excluding diaryl/α,β-unsaturated/α-hetero) is 1. The molecule has 1 saturated carbocycles. The molecule has 1 aliphatic carbocycles. The van der Waals surface area contributed by atoms with Gasteiger partial charge in [0.15, 0.2) is 5.78 Å². The number of rotatable bonds is 3. The lowest BCUT2D eigenvalue weighted by Gasteiger charge is -2.19. The van der Waals surface area contributed by atoms with E-state index in [1.807, 2.05) is 13.8 Å². The molecule has 16 heavy (non-hydrogen) atoms. The van der Waals surface area contributed by atoms with Crippen molar-refractivity contribution < 1.29 is 9.90 Å². The Balaban J connectivity index is 2.07. The highest BCUT2D eigenvalue weighted by Gasteiger charge is 2.38. The highest BCUT2D eigenvalue weighted by atomic mass is 32.1. The van der Waals surface area contributed by atoms with E-state index in [9.17, 15) is 9.90 Å². The van der Waals surface area contributed by atoms with E-state index in [0.29, 0.717) is 12.8 Å². The molecule has 0 unspecified atom stereocenters. The van der Waals surface area contributed by atoms with Gasteiger partial charge in [0.1, 0.15) is 10.6 Å². The second-order valence-electron chi connectivity index (χ2n) is 4.59. The summed E-state index contributed by atoms with van der Waals surface area (Å²) in [5.74, 6) is -0.0567. The van der Waals surface area contributed by atoms with Gasteiger partial charge in [-0.05, 0) is 39.5 Å². The summed E-state index contributed by atoms with van der Waals surface area (Å²) < 4.78 is 0. The fourth-order valence-corrected chi connectivity index (χ4v) is 3.09. The third-order valence-corrected chi connectivity index (χ3v) is 4.41. The van der Waals surface area contributed by atoms with Crippen molar-refractivity contribution in [3.05, 3.63) is 15.6 Å². The normalized spacial score (nSPS) is 18.9. The van der Waals surface area contributed by atoms with E-state index in [1.54, 1.807) is 11.3 Å². The van der Waals surface area contributed by atoms with Crippen LogP contribution < -0.4 is 0 Å². The molecule has 1 aromatic rings. The molecule has 88 valence electrons. The van der Waals surface area contributed by atoms with Crippen LogP contribution in [0.4, 0.5) is 0 Å². The summed E-state index contributed by atoms with van der Waals surface area (Å²) in [5, 5.41) is 11.0. The SMILES string of the molecule is Cc1nc(CC(=O)C2(O)CCCC2)sc1C. The lowest BCUT2D eigenvalue weighted by molar-refractivity contribution is -0.136. The predicted octanol–water partition coefficient (Wildman–Crippen LogP) is 2.18. The molecule has 1 heterocycles. The van der Waals surface area contributed by atoms with Crippen molar-refractivity contribution >= 4 is 17.1 Å². The van der Waals surface area contributed by atoms with Crippen LogP contribution in [0.5, 0.6) is 0 Å². The summed E-state index contributed by atoms with van der Waals surface area (Å²) in [6.07, 6.45) is 3.44. The van der Waals surface area contributed by atoms with Crippen LogP contribution in [-0.4, -0.2) is 21.5 Å². The predicted molar refractivity (Wildman–Crippen MR) is 63.7 cm³/mol. The third kappa shape index (κ3) is 2.18. The van der Waals surface area contributed by atoms with Gasteiger partial charge >= 0.3 is 0 Å². The van der Waals surface area contributed by atoms with Gasteiger partial charge in [0.2, 0.25) is 0 Å². The van der Waals surface area contributed by atoms with E-state index in [0.717, 1.165) is 28.4 Å². The molecule has 0 saturated heterocycles. The summed E-state index contributed by atoms with van der Waals surface area (Å²) in [7, 11) is 0. The number of carbonyl (C=O) groups is 1. The van der Waals surface area contributed by atoms with Gasteiger partial charge < -0.3 is 5.11 Å². The van der Waals surface area contributed by atoms with Crippen LogP contribution in [0, 0.1) is 13.8 Å². The zero-order valence-corrected chi connectivity index (χ0v) is 10.6. The average molecular weight is 239 g/mol. The van der Waals surface area contributed by atoms with Crippen molar-refractivity contribution in [1.29, 1.82) is 0 Å². The van der Waals surface area contributed by atoms with Crippen molar-refractivity contribution in [2.24, 2.45) is 0 Å². The second-order valence-corrected chi connectivity index (χ2v) is 5.88. The molecule has 3 nitrogen and oxygen atoms in total. The molecule has 1 N–H and O–H groups in total. The first-order valence-electron chi connectivity index (χ1n) is 5.70. The molecule has 4 heteroatoms. The largest absolute Gasteiger partial charge is 0.382 e. The molecule has 0 aromatic carbocycles. The molecule has 0 spiro atoms. The number of nitrogens with zero attached hydrogens (tertiary/aromatic N) is 1. The monoisotopic (exact) mass is 239 g/mol. The number of thiazole rings is 1. The minimum atomic E-state index is -1.06. The molecule has 2 rings (SSSR count). The molecular formula is C12H17NO2S. The molecule has 1 aliphatic rings. The molecule has 1 aromatic heterocycles. The van der Waals surface area contributed by atoms with Gasteiger partial charge in [-0.15, -0.1) is 11.3 Å². The van der Waals surface area contributed by atoms with Crippen molar-refractivity contribution in [3.8, 4) is 0 Å². The minimum absolute atomic E-state index is 0.0567. The summed E-state index contributed by atoms with van der Waals surface area (Å²) in [6.45, 7) is 3.95. The Bertz CT molecular complexity index is 386. The fourth-order valence-electron chi connectivity index (χ4n) is 2.16. The lowest BCUT2D eigenvalue weighted by atomic mass is 9.95. The average Bonchev–Trinajstić information content (AvgIpc) is 2.76. The number of aryl methyl sites for hydroxylation is 2. The van der Waals surface area contributed by atoms with Crippen LogP contribution in [0.1, 0.15) is 41.3 Å². The smallest absolute Gasteiger partial charge is 0.171 e. The Hall–Kier alpha value is -0.740. The highest BCUT2D eigenvalue weighted by Crippen LogP contribution is 2.31. The van der Waals surface area contributed by atoms with E-state index in [-0.39, 0.29) is 12.2 Å². The van der Waals surface area contributed by atoms with Crippen LogP contribution in [0.15, 0.2) is 0 Å². The lowest BCUT2D eigenvalue weighted by Crippen LogP contribution is -2.36. The molecule has 0 aliphatic heterocycles. The van der Waals surface area contributed by atoms with Gasteiger partial charge in [0, 0.05) is 4.88 Å². The third-order valence-electron chi connectivity index (χ3n) is 3.33. The molecule has 0 atom stereocenters. The van der Waals surface area contributed by atoms with Gasteiger partial charge in [0.25, 0.3) is 0 Å². The Kier molecular flexibility index (Phi) is 3.13. The van der Waals surface area contributed by atoms with Gasteiger partial charge in [0.05, 0.1) is 12.1 Å². The zero-order chi connectivity index (χ0) is 11.8. The van der Waals surface area contributed by atoms with Gasteiger partial charge in [-0.25, -0.2) is 4.98 Å².